The highest BCUT2D eigenvalue weighted by Crippen LogP contribution is 2.57. The van der Waals surface area contributed by atoms with Crippen LogP contribution in [-0.2, 0) is 11.3 Å². The molecular formula is C22H30N8O3S. The van der Waals surface area contributed by atoms with Crippen molar-refractivity contribution in [2.75, 3.05) is 24.2 Å². The Morgan fingerprint density at radius 2 is 1.97 bits per heavy atom. The molecule has 3 N–H and O–H groups in total. The van der Waals surface area contributed by atoms with E-state index >= 15 is 0 Å². The summed E-state index contributed by atoms with van der Waals surface area (Å²) in [6.45, 7) is 7.40. The molecule has 0 unspecified atom stereocenters. The van der Waals surface area contributed by atoms with Crippen molar-refractivity contribution in [1.29, 1.82) is 0 Å². The molecule has 11 nitrogen and oxygen atoms in total. The molecule has 0 aromatic carbocycles. The molecule has 182 valence electrons. The third-order valence-electron chi connectivity index (χ3n) is 6.87. The number of carbonyl (C=O) groups is 1. The molecule has 2 aliphatic rings. The molecule has 12 heteroatoms. The van der Waals surface area contributed by atoms with Crippen LogP contribution < -0.4 is 5.32 Å². The second-order valence-corrected chi connectivity index (χ2v) is 11.4. The van der Waals surface area contributed by atoms with Gasteiger partial charge in [-0.2, -0.15) is 10.6 Å². The van der Waals surface area contributed by atoms with Crippen LogP contribution in [0.15, 0.2) is 18.7 Å². The Balaban J connectivity index is 1.42. The van der Waals surface area contributed by atoms with Gasteiger partial charge >= 0.3 is 0 Å². The van der Waals surface area contributed by atoms with E-state index in [1.54, 1.807) is 17.3 Å². The van der Waals surface area contributed by atoms with Crippen molar-refractivity contribution in [1.82, 2.24) is 34.4 Å². The van der Waals surface area contributed by atoms with Crippen LogP contribution in [0.5, 0.6) is 0 Å². The fraction of sp³-hybridized carbons (Fsp3) is 0.545. The normalized spacial score (nSPS) is 23.1. The topological polar surface area (TPSA) is 142 Å². The molecule has 3 atom stereocenters. The van der Waals surface area contributed by atoms with E-state index in [9.17, 15) is 13.9 Å². The second kappa shape index (κ2) is 8.75. The first-order valence-electron chi connectivity index (χ1n) is 11.6. The molecule has 5 heterocycles. The van der Waals surface area contributed by atoms with Gasteiger partial charge in [-0.15, -0.1) is 0 Å². The fourth-order valence-corrected chi connectivity index (χ4v) is 7.21. The first-order chi connectivity index (χ1) is 16.3. The summed E-state index contributed by atoms with van der Waals surface area (Å²) in [7, 11) is -2.60. The Bertz CT molecular complexity index is 1210. The van der Waals surface area contributed by atoms with Crippen LogP contribution in [0.25, 0.3) is 22.6 Å². The molecule has 2 aliphatic heterocycles. The van der Waals surface area contributed by atoms with Crippen molar-refractivity contribution < 1.29 is 13.9 Å². The van der Waals surface area contributed by atoms with E-state index in [-0.39, 0.29) is 17.1 Å². The van der Waals surface area contributed by atoms with Gasteiger partial charge in [-0.05, 0) is 32.6 Å². The van der Waals surface area contributed by atoms with Gasteiger partial charge in [0.2, 0.25) is 5.91 Å². The number of imidazole rings is 1. The smallest absolute Gasteiger partial charge is 0.245 e. The maximum Gasteiger partial charge on any atom is 0.245 e. The summed E-state index contributed by atoms with van der Waals surface area (Å²) in [6, 6.07) is -0.503. The lowest BCUT2D eigenvalue weighted by Crippen LogP contribution is -2.42. The van der Waals surface area contributed by atoms with Crippen molar-refractivity contribution in [3.05, 3.63) is 24.5 Å². The van der Waals surface area contributed by atoms with Crippen molar-refractivity contribution in [3.63, 3.8) is 0 Å². The minimum absolute atomic E-state index is 0.0547. The SMILES string of the molecule is CC[C@@H](Nc1ncnc2c1nc(-c1cnc(C)nc1)n2CC)C(=O)N1C[C@@H]2CCS(O)(O)[C@H]2C1. The second-order valence-electron chi connectivity index (χ2n) is 8.95. The monoisotopic (exact) mass is 486 g/mol. The Kier molecular flexibility index (Phi) is 5.90. The van der Waals surface area contributed by atoms with Crippen molar-refractivity contribution >= 4 is 33.5 Å². The molecule has 1 amide bonds. The van der Waals surface area contributed by atoms with Crippen LogP contribution in [-0.4, -0.2) is 79.5 Å². The Hall–Kier alpha value is -2.83. The molecule has 2 fully saturated rings. The summed E-state index contributed by atoms with van der Waals surface area (Å²) in [5.74, 6) is 2.43. The summed E-state index contributed by atoms with van der Waals surface area (Å²) in [4.78, 5) is 37.4. The largest absolute Gasteiger partial charge is 0.356 e. The molecule has 34 heavy (non-hydrogen) atoms. The van der Waals surface area contributed by atoms with Crippen molar-refractivity contribution in [2.45, 2.75) is 51.4 Å². The maximum absolute atomic E-state index is 13.4. The maximum atomic E-state index is 13.4. The zero-order chi connectivity index (χ0) is 24.0. The van der Waals surface area contributed by atoms with E-state index in [0.717, 1.165) is 12.0 Å². The zero-order valence-corrected chi connectivity index (χ0v) is 20.4. The Morgan fingerprint density at radius 3 is 2.65 bits per heavy atom. The summed E-state index contributed by atoms with van der Waals surface area (Å²) in [6.07, 6.45) is 6.26. The van der Waals surface area contributed by atoms with E-state index in [2.05, 4.69) is 25.3 Å². The van der Waals surface area contributed by atoms with E-state index in [1.165, 1.54) is 6.33 Å². The Morgan fingerprint density at radius 1 is 1.21 bits per heavy atom. The molecule has 3 aromatic rings. The number of carbonyl (C=O) groups excluding carboxylic acids is 1. The van der Waals surface area contributed by atoms with Crippen LogP contribution in [0.1, 0.15) is 32.5 Å². The van der Waals surface area contributed by atoms with Gasteiger partial charge in [0.25, 0.3) is 0 Å². The molecule has 0 spiro atoms. The average molecular weight is 487 g/mol. The quantitative estimate of drug-likeness (QED) is 0.479. The van der Waals surface area contributed by atoms with Gasteiger partial charge in [0.1, 0.15) is 24.0 Å². The van der Waals surface area contributed by atoms with Crippen LogP contribution >= 0.6 is 10.6 Å². The lowest BCUT2D eigenvalue weighted by Gasteiger charge is -2.34. The molecule has 0 saturated carbocycles. The molecule has 0 bridgehead atoms. The van der Waals surface area contributed by atoms with Gasteiger partial charge in [0, 0.05) is 37.8 Å². The van der Waals surface area contributed by atoms with Gasteiger partial charge in [-0.25, -0.2) is 24.9 Å². The minimum Gasteiger partial charge on any atom is -0.356 e. The Labute approximate surface area is 199 Å². The molecule has 5 rings (SSSR count). The van der Waals surface area contributed by atoms with E-state index in [4.69, 9.17) is 4.98 Å². The third kappa shape index (κ3) is 3.89. The number of hydrogen-bond acceptors (Lipinski definition) is 9. The first kappa shape index (κ1) is 22.9. The summed E-state index contributed by atoms with van der Waals surface area (Å²) in [5, 5.41) is 3.08. The average Bonchev–Trinajstić information content (AvgIpc) is 3.50. The van der Waals surface area contributed by atoms with Gasteiger partial charge < -0.3 is 14.8 Å². The van der Waals surface area contributed by atoms with E-state index in [1.807, 2.05) is 25.3 Å². The van der Waals surface area contributed by atoms with E-state index in [0.29, 0.717) is 60.4 Å². The van der Waals surface area contributed by atoms with Crippen LogP contribution in [0, 0.1) is 12.8 Å². The number of likely N-dealkylation sites (tertiary alicyclic amines) is 1. The van der Waals surface area contributed by atoms with Crippen molar-refractivity contribution in [2.24, 2.45) is 5.92 Å². The lowest BCUT2D eigenvalue weighted by atomic mass is 10.1. The number of aromatic nitrogens is 6. The predicted molar refractivity (Wildman–Crippen MR) is 131 cm³/mol. The van der Waals surface area contributed by atoms with Crippen LogP contribution in [0.3, 0.4) is 0 Å². The summed E-state index contributed by atoms with van der Waals surface area (Å²) < 4.78 is 22.6. The highest BCUT2D eigenvalue weighted by Gasteiger charge is 2.48. The number of fused-ring (bicyclic) bond motifs is 2. The number of aryl methyl sites for hydroxylation is 2. The predicted octanol–water partition coefficient (Wildman–Crippen LogP) is 2.78. The summed E-state index contributed by atoms with van der Waals surface area (Å²) in [5.41, 5.74) is 2.03. The number of amides is 1. The standard InChI is InChI=1S/C22H30N8O3S/c1-4-16(22(31)29-10-14-6-7-34(32,33)17(14)11-29)27-19-18-21(26-12-25-19)30(5-2)20(28-18)15-8-23-13(3)24-9-15/h8-9,12,14,16-17,32-33H,4-7,10-11H2,1-3H3,(H,25,26,27)/t14-,16+,17-/m0/s1. The number of hydrogen-bond donors (Lipinski definition) is 3. The van der Waals surface area contributed by atoms with Gasteiger partial charge in [-0.1, -0.05) is 6.92 Å². The molecule has 0 aliphatic carbocycles. The highest BCUT2D eigenvalue weighted by atomic mass is 32.3. The van der Waals surface area contributed by atoms with E-state index < -0.39 is 16.6 Å². The molecular weight excluding hydrogens is 456 g/mol. The number of anilines is 1. The number of rotatable bonds is 6. The number of nitrogens with zero attached hydrogens (tertiary/aromatic N) is 7. The summed E-state index contributed by atoms with van der Waals surface area (Å²) >= 11 is 0. The van der Waals surface area contributed by atoms with Gasteiger partial charge in [-0.3, -0.25) is 13.9 Å². The zero-order valence-electron chi connectivity index (χ0n) is 19.5. The van der Waals surface area contributed by atoms with Crippen molar-refractivity contribution in [3.8, 4) is 11.4 Å². The highest BCUT2D eigenvalue weighted by molar-refractivity contribution is 8.25. The first-order valence-corrected chi connectivity index (χ1v) is 13.4. The van der Waals surface area contributed by atoms with Gasteiger partial charge in [0.05, 0.1) is 10.8 Å². The molecule has 0 radical (unpaired) electrons. The van der Waals surface area contributed by atoms with Crippen LogP contribution in [0.2, 0.25) is 0 Å². The molecule has 2 saturated heterocycles. The van der Waals surface area contributed by atoms with Gasteiger partial charge in [0.15, 0.2) is 17.0 Å². The minimum atomic E-state index is -2.60. The fourth-order valence-electron chi connectivity index (χ4n) is 5.00. The van der Waals surface area contributed by atoms with Crippen LogP contribution in [0.4, 0.5) is 5.82 Å². The molecule has 3 aromatic heterocycles. The third-order valence-corrected chi connectivity index (χ3v) is 9.21. The number of nitrogens with one attached hydrogen (secondary N) is 1. The lowest BCUT2D eigenvalue weighted by molar-refractivity contribution is -0.131.